The predicted molar refractivity (Wildman–Crippen MR) is 106 cm³/mol. The van der Waals surface area contributed by atoms with E-state index in [1.165, 1.54) is 25.9 Å². The Balaban J connectivity index is 1.61. The van der Waals surface area contributed by atoms with Crippen molar-refractivity contribution in [3.8, 4) is 0 Å². The second-order valence-electron chi connectivity index (χ2n) is 8.52. The normalized spacial score (nSPS) is 23.3. The van der Waals surface area contributed by atoms with Gasteiger partial charge in [0.25, 0.3) is 5.91 Å². The molecule has 2 fully saturated rings. The van der Waals surface area contributed by atoms with Crippen molar-refractivity contribution in [2.45, 2.75) is 58.1 Å². The van der Waals surface area contributed by atoms with Crippen molar-refractivity contribution < 1.29 is 9.90 Å². The van der Waals surface area contributed by atoms with Crippen LogP contribution in [-0.2, 0) is 5.60 Å². The highest BCUT2D eigenvalue weighted by Gasteiger charge is 2.30. The van der Waals surface area contributed by atoms with Crippen LogP contribution in [0.5, 0.6) is 0 Å². The zero-order valence-electron chi connectivity index (χ0n) is 16.2. The predicted octanol–water partition coefficient (Wildman–Crippen LogP) is 3.90. The van der Waals surface area contributed by atoms with Crippen molar-refractivity contribution in [1.82, 2.24) is 9.80 Å². The van der Waals surface area contributed by atoms with Crippen LogP contribution in [0.15, 0.2) is 18.2 Å². The third kappa shape index (κ3) is 4.41. The van der Waals surface area contributed by atoms with Gasteiger partial charge in [0.05, 0.1) is 5.60 Å². The molecule has 4 nitrogen and oxygen atoms in total. The van der Waals surface area contributed by atoms with E-state index in [2.05, 4.69) is 11.8 Å². The monoisotopic (exact) mass is 378 g/mol. The van der Waals surface area contributed by atoms with E-state index >= 15 is 0 Å². The molecule has 2 aliphatic rings. The van der Waals surface area contributed by atoms with Gasteiger partial charge in [-0.2, -0.15) is 0 Å². The van der Waals surface area contributed by atoms with Crippen LogP contribution in [0.3, 0.4) is 0 Å². The van der Waals surface area contributed by atoms with E-state index in [4.69, 9.17) is 11.6 Å². The summed E-state index contributed by atoms with van der Waals surface area (Å²) in [6.45, 7) is 9.75. The van der Waals surface area contributed by atoms with Crippen LogP contribution < -0.4 is 0 Å². The topological polar surface area (TPSA) is 43.8 Å². The van der Waals surface area contributed by atoms with E-state index in [9.17, 15) is 9.90 Å². The number of piperidine rings is 2. The fourth-order valence-electron chi connectivity index (χ4n) is 4.32. The van der Waals surface area contributed by atoms with E-state index in [1.807, 2.05) is 4.90 Å². The molecule has 1 aromatic carbocycles. The highest BCUT2D eigenvalue weighted by molar-refractivity contribution is 6.31. The summed E-state index contributed by atoms with van der Waals surface area (Å²) in [4.78, 5) is 17.4. The zero-order valence-corrected chi connectivity index (χ0v) is 16.9. The van der Waals surface area contributed by atoms with Gasteiger partial charge in [0.15, 0.2) is 0 Å². The molecule has 0 saturated carbocycles. The van der Waals surface area contributed by atoms with E-state index < -0.39 is 5.60 Å². The molecule has 3 rings (SSSR count). The lowest BCUT2D eigenvalue weighted by atomic mass is 9.94. The number of hydrogen-bond donors (Lipinski definition) is 1. The maximum absolute atomic E-state index is 12.8. The fourth-order valence-corrected chi connectivity index (χ4v) is 4.73. The first kappa shape index (κ1) is 19.7. The number of hydrogen-bond acceptors (Lipinski definition) is 3. The molecule has 0 unspecified atom stereocenters. The maximum atomic E-state index is 12.8. The summed E-state index contributed by atoms with van der Waals surface area (Å²) in [5, 5.41) is 10.6. The van der Waals surface area contributed by atoms with Gasteiger partial charge < -0.3 is 10.0 Å². The highest BCUT2D eigenvalue weighted by atomic mass is 35.5. The quantitative estimate of drug-likeness (QED) is 0.867. The number of carbonyl (C=O) groups is 1. The molecule has 5 heteroatoms. The number of benzene rings is 1. The Labute approximate surface area is 162 Å². The first-order valence-corrected chi connectivity index (χ1v) is 10.2. The number of carbonyl (C=O) groups excluding carboxylic acids is 1. The summed E-state index contributed by atoms with van der Waals surface area (Å²) in [7, 11) is 0. The molecular formula is C21H31ClN2O2. The van der Waals surface area contributed by atoms with Gasteiger partial charge in [-0.15, -0.1) is 0 Å². The summed E-state index contributed by atoms with van der Waals surface area (Å²) in [5.41, 5.74) is 0.240. The van der Waals surface area contributed by atoms with Gasteiger partial charge in [-0.1, -0.05) is 24.6 Å². The minimum atomic E-state index is -1.01. The van der Waals surface area contributed by atoms with Crippen LogP contribution in [0, 0.1) is 5.92 Å². The SMILES string of the molecule is C[C@@H]1CCCN(C2CCN(C(=O)c3ccc(C(C)(C)O)c(Cl)c3)CC2)C1. The molecule has 1 aromatic rings. The molecule has 2 aliphatic heterocycles. The van der Waals surface area contributed by atoms with Crippen molar-refractivity contribution >= 4 is 17.5 Å². The van der Waals surface area contributed by atoms with Crippen LogP contribution in [-0.4, -0.2) is 53.0 Å². The first-order valence-electron chi connectivity index (χ1n) is 9.81. The summed E-state index contributed by atoms with van der Waals surface area (Å²) < 4.78 is 0. The molecule has 1 atom stereocenters. The standard InChI is InChI=1S/C21H31ClN2O2/c1-15-5-4-10-24(14-15)17-8-11-23(12-9-17)20(25)16-6-7-18(19(22)13-16)21(2,3)26/h6-7,13,15,17,26H,4-5,8-12,14H2,1-3H3/t15-/m1/s1. The third-order valence-corrected chi connectivity index (χ3v) is 6.14. The van der Waals surface area contributed by atoms with Crippen LogP contribution in [0.4, 0.5) is 0 Å². The highest BCUT2D eigenvalue weighted by Crippen LogP contribution is 2.29. The van der Waals surface area contributed by atoms with Crippen molar-refractivity contribution in [1.29, 1.82) is 0 Å². The maximum Gasteiger partial charge on any atom is 0.253 e. The molecule has 2 saturated heterocycles. The Morgan fingerprint density at radius 1 is 1.19 bits per heavy atom. The molecule has 0 radical (unpaired) electrons. The Morgan fingerprint density at radius 3 is 2.46 bits per heavy atom. The fraction of sp³-hybridized carbons (Fsp3) is 0.667. The molecule has 0 aliphatic carbocycles. The van der Waals surface area contributed by atoms with E-state index in [1.54, 1.807) is 32.0 Å². The molecule has 0 bridgehead atoms. The smallest absolute Gasteiger partial charge is 0.253 e. The van der Waals surface area contributed by atoms with Crippen LogP contribution in [0.2, 0.25) is 5.02 Å². The van der Waals surface area contributed by atoms with E-state index in [0.717, 1.165) is 31.8 Å². The van der Waals surface area contributed by atoms with Gasteiger partial charge >= 0.3 is 0 Å². The Morgan fingerprint density at radius 2 is 1.88 bits per heavy atom. The lowest BCUT2D eigenvalue weighted by Gasteiger charge is -2.41. The largest absolute Gasteiger partial charge is 0.386 e. The molecule has 0 spiro atoms. The number of aliphatic hydroxyl groups is 1. The Kier molecular flexibility index (Phi) is 5.95. The molecule has 1 amide bonds. The van der Waals surface area contributed by atoms with E-state index in [0.29, 0.717) is 22.2 Å². The molecule has 0 aromatic heterocycles. The lowest BCUT2D eigenvalue weighted by Crippen LogP contribution is -2.49. The summed E-state index contributed by atoms with van der Waals surface area (Å²) in [6.07, 6.45) is 4.74. The number of nitrogens with zero attached hydrogens (tertiary/aromatic N) is 2. The van der Waals surface area contributed by atoms with E-state index in [-0.39, 0.29) is 5.91 Å². The van der Waals surface area contributed by atoms with Crippen LogP contribution in [0.25, 0.3) is 0 Å². The molecule has 26 heavy (non-hydrogen) atoms. The Bertz CT molecular complexity index is 648. The van der Waals surface area contributed by atoms with Gasteiger partial charge in [0.2, 0.25) is 0 Å². The Hall–Kier alpha value is -1.10. The number of rotatable bonds is 3. The van der Waals surface area contributed by atoms with Crippen molar-refractivity contribution in [2.75, 3.05) is 26.2 Å². The first-order chi connectivity index (χ1) is 12.3. The second kappa shape index (κ2) is 7.87. The number of likely N-dealkylation sites (tertiary alicyclic amines) is 2. The lowest BCUT2D eigenvalue weighted by molar-refractivity contribution is 0.0541. The average molecular weight is 379 g/mol. The van der Waals surface area contributed by atoms with Gasteiger partial charge in [-0.25, -0.2) is 0 Å². The third-order valence-electron chi connectivity index (χ3n) is 5.83. The van der Waals surface area contributed by atoms with Crippen molar-refractivity contribution in [3.63, 3.8) is 0 Å². The molecular weight excluding hydrogens is 348 g/mol. The number of halogens is 1. The number of amides is 1. The second-order valence-corrected chi connectivity index (χ2v) is 8.93. The minimum absolute atomic E-state index is 0.0414. The minimum Gasteiger partial charge on any atom is -0.386 e. The summed E-state index contributed by atoms with van der Waals surface area (Å²) in [5.74, 6) is 0.833. The van der Waals surface area contributed by atoms with Gasteiger partial charge in [0, 0.05) is 41.8 Å². The van der Waals surface area contributed by atoms with Crippen LogP contribution in [0.1, 0.15) is 62.4 Å². The van der Waals surface area contributed by atoms with Crippen molar-refractivity contribution in [3.05, 3.63) is 34.3 Å². The average Bonchev–Trinajstić information content (AvgIpc) is 2.60. The zero-order chi connectivity index (χ0) is 18.9. The van der Waals surface area contributed by atoms with Crippen molar-refractivity contribution in [2.24, 2.45) is 5.92 Å². The van der Waals surface area contributed by atoms with Gasteiger partial charge in [0.1, 0.15) is 0 Å². The molecule has 2 heterocycles. The molecule has 144 valence electrons. The van der Waals surface area contributed by atoms with Gasteiger partial charge in [-0.05, 0) is 64.1 Å². The molecule has 1 N–H and O–H groups in total. The summed E-state index contributed by atoms with van der Waals surface area (Å²) in [6, 6.07) is 5.84. The van der Waals surface area contributed by atoms with Gasteiger partial charge in [-0.3, -0.25) is 9.69 Å². The summed E-state index contributed by atoms with van der Waals surface area (Å²) >= 11 is 6.30. The van der Waals surface area contributed by atoms with Crippen LogP contribution >= 0.6 is 11.6 Å².